The molecule has 0 atom stereocenters. The number of benzene rings is 2. The maximum atomic E-state index is 13.2. The van der Waals surface area contributed by atoms with Gasteiger partial charge in [0, 0.05) is 17.6 Å². The van der Waals surface area contributed by atoms with Crippen LogP contribution in [-0.2, 0) is 10.0 Å². The molecule has 2 heterocycles. The number of thiophene rings is 1. The van der Waals surface area contributed by atoms with Crippen molar-refractivity contribution >= 4 is 38.6 Å². The number of sulfonamides is 1. The van der Waals surface area contributed by atoms with E-state index in [9.17, 15) is 8.42 Å². The number of nitrogens with zero attached hydrogens (tertiary/aromatic N) is 3. The first-order chi connectivity index (χ1) is 13.9. The molecule has 4 rings (SSSR count). The van der Waals surface area contributed by atoms with Crippen LogP contribution in [0.1, 0.15) is 5.56 Å². The first-order valence-corrected chi connectivity index (χ1v) is 11.3. The van der Waals surface area contributed by atoms with E-state index in [4.69, 9.17) is 16.1 Å². The largest absolute Gasteiger partial charge is 0.333 e. The number of hydrogen-bond acceptors (Lipinski definition) is 6. The van der Waals surface area contributed by atoms with E-state index in [0.717, 1.165) is 11.1 Å². The fourth-order valence-electron chi connectivity index (χ4n) is 2.81. The van der Waals surface area contributed by atoms with Crippen LogP contribution in [0.4, 0.5) is 5.69 Å². The zero-order chi connectivity index (χ0) is 20.6. The third-order valence-electron chi connectivity index (χ3n) is 4.35. The van der Waals surface area contributed by atoms with Crippen molar-refractivity contribution in [1.82, 2.24) is 10.1 Å². The van der Waals surface area contributed by atoms with Gasteiger partial charge in [-0.25, -0.2) is 8.42 Å². The lowest BCUT2D eigenvalue weighted by Gasteiger charge is -2.19. The van der Waals surface area contributed by atoms with Crippen LogP contribution in [0.25, 0.3) is 22.2 Å². The standard InChI is InChI=1S/C20H16ClN3O3S2/c1-13-4-3-5-14(12-13)19-22-20(27-23-19)18-17(10-11-28-18)29(25,26)24(2)16-8-6-15(21)7-9-16/h3-12H,1-2H3. The quantitative estimate of drug-likeness (QED) is 0.419. The molecule has 0 radical (unpaired) electrons. The minimum Gasteiger partial charge on any atom is -0.333 e. The van der Waals surface area contributed by atoms with Gasteiger partial charge < -0.3 is 4.52 Å². The average Bonchev–Trinajstić information content (AvgIpc) is 3.37. The van der Waals surface area contributed by atoms with Gasteiger partial charge in [-0.15, -0.1) is 11.3 Å². The molecule has 0 spiro atoms. The summed E-state index contributed by atoms with van der Waals surface area (Å²) < 4.78 is 33.0. The van der Waals surface area contributed by atoms with Crippen molar-refractivity contribution < 1.29 is 12.9 Å². The predicted molar refractivity (Wildman–Crippen MR) is 115 cm³/mol. The van der Waals surface area contributed by atoms with Crippen LogP contribution in [0.5, 0.6) is 0 Å². The van der Waals surface area contributed by atoms with Crippen molar-refractivity contribution in [3.63, 3.8) is 0 Å². The minimum absolute atomic E-state index is 0.111. The molecule has 0 aliphatic carbocycles. The molecule has 0 N–H and O–H groups in total. The van der Waals surface area contributed by atoms with E-state index in [2.05, 4.69) is 10.1 Å². The second-order valence-corrected chi connectivity index (χ2v) is 9.65. The average molecular weight is 446 g/mol. The molecule has 0 fully saturated rings. The van der Waals surface area contributed by atoms with Crippen molar-refractivity contribution in [1.29, 1.82) is 0 Å². The van der Waals surface area contributed by atoms with E-state index in [1.54, 1.807) is 29.6 Å². The summed E-state index contributed by atoms with van der Waals surface area (Å²) >= 11 is 7.14. The van der Waals surface area contributed by atoms with Gasteiger partial charge in [-0.1, -0.05) is 40.5 Å². The fourth-order valence-corrected chi connectivity index (χ4v) is 5.45. The molecule has 148 valence electrons. The SMILES string of the molecule is Cc1cccc(-c2noc(-c3sccc3S(=O)(=O)N(C)c3ccc(Cl)cc3)n2)c1. The van der Waals surface area contributed by atoms with Gasteiger partial charge in [-0.05, 0) is 48.7 Å². The monoisotopic (exact) mass is 445 g/mol. The van der Waals surface area contributed by atoms with Crippen molar-refractivity contribution in [2.45, 2.75) is 11.8 Å². The van der Waals surface area contributed by atoms with E-state index < -0.39 is 10.0 Å². The van der Waals surface area contributed by atoms with Crippen LogP contribution in [0, 0.1) is 6.92 Å². The van der Waals surface area contributed by atoms with Gasteiger partial charge in [-0.3, -0.25) is 4.31 Å². The van der Waals surface area contributed by atoms with E-state index in [1.807, 2.05) is 31.2 Å². The lowest BCUT2D eigenvalue weighted by molar-refractivity contribution is 0.432. The lowest BCUT2D eigenvalue weighted by Crippen LogP contribution is -2.26. The molecular formula is C20H16ClN3O3S2. The number of rotatable bonds is 5. The molecular weight excluding hydrogens is 430 g/mol. The minimum atomic E-state index is -3.83. The Hall–Kier alpha value is -2.68. The third-order valence-corrected chi connectivity index (χ3v) is 7.47. The van der Waals surface area contributed by atoms with E-state index in [0.29, 0.717) is 21.4 Å². The highest BCUT2D eigenvalue weighted by molar-refractivity contribution is 7.93. The van der Waals surface area contributed by atoms with Gasteiger partial charge in [0.25, 0.3) is 15.9 Å². The van der Waals surface area contributed by atoms with E-state index >= 15 is 0 Å². The molecule has 0 aliphatic rings. The highest BCUT2D eigenvalue weighted by Gasteiger charge is 2.28. The summed E-state index contributed by atoms with van der Waals surface area (Å²) in [6, 6.07) is 15.8. The van der Waals surface area contributed by atoms with E-state index in [-0.39, 0.29) is 10.8 Å². The maximum Gasteiger partial charge on any atom is 0.269 e. The third kappa shape index (κ3) is 3.78. The summed E-state index contributed by atoms with van der Waals surface area (Å²) in [7, 11) is -2.34. The van der Waals surface area contributed by atoms with Gasteiger partial charge in [0.05, 0.1) is 5.69 Å². The first kappa shape index (κ1) is 19.6. The van der Waals surface area contributed by atoms with Crippen LogP contribution in [-0.4, -0.2) is 25.6 Å². The van der Waals surface area contributed by atoms with Crippen molar-refractivity contribution in [2.24, 2.45) is 0 Å². The van der Waals surface area contributed by atoms with Crippen LogP contribution in [0.15, 0.2) is 69.4 Å². The molecule has 9 heteroatoms. The van der Waals surface area contributed by atoms with Crippen molar-refractivity contribution in [3.05, 3.63) is 70.6 Å². The predicted octanol–water partition coefficient (Wildman–Crippen LogP) is 5.25. The van der Waals surface area contributed by atoms with Crippen molar-refractivity contribution in [2.75, 3.05) is 11.4 Å². The molecule has 2 aromatic carbocycles. The summed E-state index contributed by atoms with van der Waals surface area (Å²) in [6.45, 7) is 1.97. The molecule has 4 aromatic rings. The van der Waals surface area contributed by atoms with Gasteiger partial charge >= 0.3 is 0 Å². The number of halogens is 1. The Labute approximate surface area is 177 Å². The Morgan fingerprint density at radius 3 is 2.59 bits per heavy atom. The Bertz CT molecular complexity index is 1260. The molecule has 6 nitrogen and oxygen atoms in total. The second kappa shape index (κ2) is 7.62. The maximum absolute atomic E-state index is 13.2. The molecule has 0 saturated heterocycles. The number of anilines is 1. The molecule has 0 unspecified atom stereocenters. The molecule has 0 bridgehead atoms. The smallest absolute Gasteiger partial charge is 0.269 e. The second-order valence-electron chi connectivity index (χ2n) is 6.36. The molecule has 29 heavy (non-hydrogen) atoms. The van der Waals surface area contributed by atoms with Crippen LogP contribution in [0.2, 0.25) is 5.02 Å². The number of aryl methyl sites for hydroxylation is 1. The zero-order valence-electron chi connectivity index (χ0n) is 15.5. The van der Waals surface area contributed by atoms with Crippen LogP contribution < -0.4 is 4.31 Å². The zero-order valence-corrected chi connectivity index (χ0v) is 17.9. The molecule has 0 amide bonds. The highest BCUT2D eigenvalue weighted by atomic mass is 35.5. The van der Waals surface area contributed by atoms with Crippen molar-refractivity contribution in [3.8, 4) is 22.2 Å². The normalized spacial score (nSPS) is 11.6. The number of aromatic nitrogens is 2. The summed E-state index contributed by atoms with van der Waals surface area (Å²) in [5.74, 6) is 0.575. The van der Waals surface area contributed by atoms with Gasteiger partial charge in [0.15, 0.2) is 0 Å². The molecule has 0 aliphatic heterocycles. The Balaban J connectivity index is 1.71. The summed E-state index contributed by atoms with van der Waals surface area (Å²) in [5.41, 5.74) is 2.37. The molecule has 2 aromatic heterocycles. The highest BCUT2D eigenvalue weighted by Crippen LogP contribution is 2.35. The Morgan fingerprint density at radius 2 is 1.86 bits per heavy atom. The van der Waals surface area contributed by atoms with Crippen LogP contribution in [0.3, 0.4) is 0 Å². The van der Waals surface area contributed by atoms with Gasteiger partial charge in [0.1, 0.15) is 9.77 Å². The number of hydrogen-bond donors (Lipinski definition) is 0. The van der Waals surface area contributed by atoms with Crippen LogP contribution >= 0.6 is 22.9 Å². The Kier molecular flexibility index (Phi) is 5.16. The fraction of sp³-hybridized carbons (Fsp3) is 0.100. The van der Waals surface area contributed by atoms with Gasteiger partial charge in [0.2, 0.25) is 5.82 Å². The molecule has 0 saturated carbocycles. The van der Waals surface area contributed by atoms with E-state index in [1.165, 1.54) is 28.8 Å². The van der Waals surface area contributed by atoms with Gasteiger partial charge in [-0.2, -0.15) is 4.98 Å². The topological polar surface area (TPSA) is 76.3 Å². The summed E-state index contributed by atoms with van der Waals surface area (Å²) in [5, 5.41) is 6.24. The first-order valence-electron chi connectivity index (χ1n) is 8.59. The summed E-state index contributed by atoms with van der Waals surface area (Å²) in [4.78, 5) is 4.92. The lowest BCUT2D eigenvalue weighted by atomic mass is 10.1. The summed E-state index contributed by atoms with van der Waals surface area (Å²) in [6.07, 6.45) is 0. The Morgan fingerprint density at radius 1 is 1.10 bits per heavy atom.